The van der Waals surface area contributed by atoms with Gasteiger partial charge in [-0.1, -0.05) is 23.1 Å². The number of nitrogens with zero attached hydrogens (tertiary/aromatic N) is 3. The minimum Gasteiger partial charge on any atom is -0.480 e. The van der Waals surface area contributed by atoms with Crippen molar-refractivity contribution >= 4 is 58.6 Å². The number of rotatable bonds is 11. The minimum atomic E-state index is -1.69. The summed E-state index contributed by atoms with van der Waals surface area (Å²) in [5.41, 5.74) is 5.76. The lowest BCUT2D eigenvalue weighted by atomic mass is 9.98. The van der Waals surface area contributed by atoms with Crippen LogP contribution in [-0.2, 0) is 23.9 Å². The summed E-state index contributed by atoms with van der Waals surface area (Å²) in [6.07, 6.45) is 0.257. The summed E-state index contributed by atoms with van der Waals surface area (Å²) in [6, 6.07) is -1.08. The van der Waals surface area contributed by atoms with Crippen molar-refractivity contribution in [1.29, 1.82) is 0 Å². The molecule has 0 aromatic carbocycles. The van der Waals surface area contributed by atoms with Gasteiger partial charge in [0.15, 0.2) is 4.34 Å². The molecule has 1 fully saturated rings. The molecule has 0 saturated carbocycles. The molecule has 2 aliphatic rings. The van der Waals surface area contributed by atoms with E-state index in [0.29, 0.717) is 21.4 Å². The number of hydrogen-bond donors (Lipinski definition) is 4. The number of carbonyl (C=O) groups is 4. The summed E-state index contributed by atoms with van der Waals surface area (Å²) >= 11 is 3.95. The highest BCUT2D eigenvalue weighted by atomic mass is 32.2. The second-order valence-electron chi connectivity index (χ2n) is 6.91. The van der Waals surface area contributed by atoms with Gasteiger partial charge >= 0.3 is 11.9 Å². The second kappa shape index (κ2) is 10.2. The van der Waals surface area contributed by atoms with E-state index in [2.05, 4.69) is 15.5 Å². The van der Waals surface area contributed by atoms with Gasteiger partial charge in [-0.2, -0.15) is 0 Å². The SMILES string of the molecule is CO[C@@]1(NC(=O)CCCC(N)C(=O)O)C(=O)N2C(C(=O)O)=C(CSc3nncs3)CS[C@@H]21. The Balaban J connectivity index is 1.69. The van der Waals surface area contributed by atoms with Crippen molar-refractivity contribution in [3.63, 3.8) is 0 Å². The standard InChI is InChI=1S/C17H21N5O7S3/c1-29-17(20-10(23)4-2-3-9(18)12(24)25)14(28)22-11(13(26)27)8(5-30-15(17)22)6-31-16-21-19-7-32-16/h7,9,15H,2-6,18H2,1H3,(H,20,23)(H,24,25)(H,26,27)/t9?,15-,17+/m1/s1. The summed E-state index contributed by atoms with van der Waals surface area (Å²) in [5, 5.41) is 28.0. The van der Waals surface area contributed by atoms with E-state index in [9.17, 15) is 24.3 Å². The number of fused-ring (bicyclic) bond motifs is 1. The molecular formula is C17H21N5O7S3. The smallest absolute Gasteiger partial charge is 0.352 e. The van der Waals surface area contributed by atoms with Gasteiger partial charge in [-0.15, -0.1) is 22.0 Å². The van der Waals surface area contributed by atoms with Gasteiger partial charge in [0.25, 0.3) is 11.6 Å². The molecule has 2 amide bonds. The first kappa shape index (κ1) is 24.4. The van der Waals surface area contributed by atoms with Gasteiger partial charge in [0, 0.05) is 25.0 Å². The van der Waals surface area contributed by atoms with E-state index in [0.717, 1.165) is 4.90 Å². The number of aliphatic carboxylic acids is 2. The predicted molar refractivity (Wildman–Crippen MR) is 116 cm³/mol. The van der Waals surface area contributed by atoms with Gasteiger partial charge in [-0.25, -0.2) is 4.79 Å². The van der Waals surface area contributed by atoms with Crippen LogP contribution in [0.3, 0.4) is 0 Å². The third-order valence-corrected chi connectivity index (χ3v) is 8.23. The number of carbonyl (C=O) groups excluding carboxylic acids is 2. The number of thioether (sulfide) groups is 2. The van der Waals surface area contributed by atoms with Crippen molar-refractivity contribution in [2.24, 2.45) is 5.73 Å². The zero-order chi connectivity index (χ0) is 23.5. The summed E-state index contributed by atoms with van der Waals surface area (Å²) in [6.45, 7) is 0. The molecule has 3 rings (SSSR count). The Morgan fingerprint density at radius 3 is 2.81 bits per heavy atom. The number of aromatic nitrogens is 2. The number of nitrogens with one attached hydrogen (secondary N) is 1. The van der Waals surface area contributed by atoms with Crippen LogP contribution in [0, 0.1) is 0 Å². The molecule has 0 radical (unpaired) electrons. The van der Waals surface area contributed by atoms with Crippen LogP contribution in [0.2, 0.25) is 0 Å². The molecule has 1 unspecified atom stereocenters. The molecule has 5 N–H and O–H groups in total. The molecule has 0 spiro atoms. The van der Waals surface area contributed by atoms with Crippen LogP contribution in [0.15, 0.2) is 21.1 Å². The van der Waals surface area contributed by atoms with Crippen LogP contribution < -0.4 is 11.1 Å². The van der Waals surface area contributed by atoms with Crippen molar-refractivity contribution in [1.82, 2.24) is 20.4 Å². The van der Waals surface area contributed by atoms with Crippen molar-refractivity contribution in [2.45, 2.75) is 40.7 Å². The summed E-state index contributed by atoms with van der Waals surface area (Å²) < 4.78 is 6.06. The van der Waals surface area contributed by atoms with Crippen LogP contribution in [-0.4, -0.2) is 84.8 Å². The fraction of sp³-hybridized carbons (Fsp3) is 0.529. The molecule has 1 saturated heterocycles. The number of hydrogen-bond acceptors (Lipinski definition) is 11. The molecule has 3 heterocycles. The quantitative estimate of drug-likeness (QED) is 0.179. The topological polar surface area (TPSA) is 185 Å². The Bertz CT molecular complexity index is 941. The zero-order valence-electron chi connectivity index (χ0n) is 16.8. The molecule has 0 bridgehead atoms. The average Bonchev–Trinajstić information content (AvgIpc) is 3.28. The van der Waals surface area contributed by atoms with E-state index in [1.807, 2.05) is 0 Å². The van der Waals surface area contributed by atoms with Gasteiger partial charge in [0.05, 0.1) is 0 Å². The van der Waals surface area contributed by atoms with E-state index in [4.69, 9.17) is 15.6 Å². The maximum absolute atomic E-state index is 13.0. The lowest BCUT2D eigenvalue weighted by Crippen LogP contribution is -2.80. The van der Waals surface area contributed by atoms with Crippen molar-refractivity contribution in [3.05, 3.63) is 16.8 Å². The van der Waals surface area contributed by atoms with E-state index >= 15 is 0 Å². The van der Waals surface area contributed by atoms with Crippen LogP contribution >= 0.6 is 34.9 Å². The molecule has 174 valence electrons. The molecule has 32 heavy (non-hydrogen) atoms. The van der Waals surface area contributed by atoms with E-state index in [1.54, 1.807) is 5.51 Å². The molecule has 0 aliphatic carbocycles. The first-order valence-electron chi connectivity index (χ1n) is 9.35. The van der Waals surface area contributed by atoms with Crippen LogP contribution in [0.25, 0.3) is 0 Å². The number of carboxylic acid groups (broad SMARTS) is 2. The summed E-state index contributed by atoms with van der Waals surface area (Å²) in [7, 11) is 1.27. The third kappa shape index (κ3) is 4.76. The van der Waals surface area contributed by atoms with E-state index < -0.39 is 40.9 Å². The minimum absolute atomic E-state index is 0.0534. The second-order valence-corrected chi connectivity index (χ2v) is 10.0. The highest BCUT2D eigenvalue weighted by molar-refractivity contribution is 8.01. The van der Waals surface area contributed by atoms with Crippen molar-refractivity contribution in [2.75, 3.05) is 18.6 Å². The van der Waals surface area contributed by atoms with E-state index in [1.165, 1.54) is 42.0 Å². The summed E-state index contributed by atoms with van der Waals surface area (Å²) in [4.78, 5) is 49.3. The number of carboxylic acids is 2. The maximum atomic E-state index is 13.0. The van der Waals surface area contributed by atoms with Gasteiger partial charge in [-0.05, 0) is 18.4 Å². The number of β-lactam (4-membered cyclic amide) rings is 1. The van der Waals surface area contributed by atoms with Gasteiger partial charge < -0.3 is 26.0 Å². The Hall–Kier alpha value is -2.20. The van der Waals surface area contributed by atoms with Gasteiger partial charge in [-0.3, -0.25) is 19.3 Å². The van der Waals surface area contributed by atoms with Crippen molar-refractivity contribution < 1.29 is 34.1 Å². The fourth-order valence-electron chi connectivity index (χ4n) is 3.30. The van der Waals surface area contributed by atoms with Crippen LogP contribution in [0.4, 0.5) is 0 Å². The fourth-order valence-corrected chi connectivity index (χ4v) is 6.37. The Labute approximate surface area is 194 Å². The normalized spacial score (nSPS) is 23.4. The largest absolute Gasteiger partial charge is 0.480 e. The lowest BCUT2D eigenvalue weighted by Gasteiger charge is -2.55. The molecular weight excluding hydrogens is 482 g/mol. The molecule has 15 heteroatoms. The average molecular weight is 504 g/mol. The molecule has 3 atom stereocenters. The molecule has 12 nitrogen and oxygen atoms in total. The highest BCUT2D eigenvalue weighted by Crippen LogP contribution is 2.47. The zero-order valence-corrected chi connectivity index (χ0v) is 19.3. The summed E-state index contributed by atoms with van der Waals surface area (Å²) in [5.74, 6) is -2.93. The maximum Gasteiger partial charge on any atom is 0.352 e. The third-order valence-electron chi connectivity index (χ3n) is 4.91. The Kier molecular flexibility index (Phi) is 7.76. The molecule has 1 aromatic rings. The highest BCUT2D eigenvalue weighted by Gasteiger charge is 2.66. The molecule has 1 aromatic heterocycles. The lowest BCUT2D eigenvalue weighted by molar-refractivity contribution is -0.192. The Morgan fingerprint density at radius 1 is 1.47 bits per heavy atom. The molecule has 2 aliphatic heterocycles. The van der Waals surface area contributed by atoms with E-state index in [-0.39, 0.29) is 25.0 Å². The van der Waals surface area contributed by atoms with Crippen LogP contribution in [0.1, 0.15) is 19.3 Å². The first-order chi connectivity index (χ1) is 15.2. The van der Waals surface area contributed by atoms with Crippen LogP contribution in [0.5, 0.6) is 0 Å². The number of methoxy groups -OCH3 is 1. The number of nitrogens with two attached hydrogens (primary N) is 1. The van der Waals surface area contributed by atoms with Gasteiger partial charge in [0.1, 0.15) is 22.6 Å². The number of amides is 2. The monoisotopic (exact) mass is 503 g/mol. The Morgan fingerprint density at radius 2 is 2.22 bits per heavy atom. The van der Waals surface area contributed by atoms with Crippen molar-refractivity contribution in [3.8, 4) is 0 Å². The van der Waals surface area contributed by atoms with Gasteiger partial charge in [0.2, 0.25) is 5.91 Å². The predicted octanol–water partition coefficient (Wildman–Crippen LogP) is -0.0749. The first-order valence-corrected chi connectivity index (χ1v) is 12.3. The number of ether oxygens (including phenoxy) is 1.